The molecule has 0 unspecified atom stereocenters. The van der Waals surface area contributed by atoms with E-state index in [2.05, 4.69) is 20.9 Å². The quantitative estimate of drug-likeness (QED) is 0.554. The van der Waals surface area contributed by atoms with E-state index in [4.69, 9.17) is 16.3 Å². The molecule has 0 aliphatic rings. The molecule has 2 aromatic carbocycles. The molecule has 1 aromatic heterocycles. The zero-order valence-electron chi connectivity index (χ0n) is 10.8. The van der Waals surface area contributed by atoms with Crippen LogP contribution in [-0.4, -0.2) is 4.98 Å². The Morgan fingerprint density at radius 2 is 1.95 bits per heavy atom. The summed E-state index contributed by atoms with van der Waals surface area (Å²) in [6, 6.07) is 13.8. The number of ether oxygens (including phenoxy) is 1. The Kier molecular flexibility index (Phi) is 4.08. The summed E-state index contributed by atoms with van der Waals surface area (Å²) in [7, 11) is 0. The Bertz CT molecular complexity index is 809. The molecule has 0 atom stereocenters. The minimum Gasteiger partial charge on any atom is -0.437 e. The summed E-state index contributed by atoms with van der Waals surface area (Å²) in [4.78, 5) is 4.50. The number of para-hydroxylation sites is 1. The summed E-state index contributed by atoms with van der Waals surface area (Å²) in [5, 5.41) is 1.84. The Morgan fingerprint density at radius 1 is 1.14 bits per heavy atom. The Morgan fingerprint density at radius 3 is 2.71 bits per heavy atom. The highest BCUT2D eigenvalue weighted by Gasteiger charge is 2.11. The molecule has 0 saturated carbocycles. The third kappa shape index (κ3) is 3.01. The molecule has 0 fully saturated rings. The maximum Gasteiger partial charge on any atom is 0.223 e. The van der Waals surface area contributed by atoms with Gasteiger partial charge in [-0.25, -0.2) is 9.37 Å². The molecule has 21 heavy (non-hydrogen) atoms. The first-order valence-corrected chi connectivity index (χ1v) is 7.75. The van der Waals surface area contributed by atoms with E-state index in [0.717, 1.165) is 16.5 Å². The predicted molar refractivity (Wildman–Crippen MR) is 85.9 cm³/mol. The molecular formula is C16H10BrClFNO. The van der Waals surface area contributed by atoms with Crippen molar-refractivity contribution >= 4 is 38.4 Å². The van der Waals surface area contributed by atoms with Crippen LogP contribution in [0.1, 0.15) is 5.56 Å². The van der Waals surface area contributed by atoms with Crippen LogP contribution in [-0.2, 0) is 5.33 Å². The molecule has 106 valence electrons. The predicted octanol–water partition coefficient (Wildman–Crippen LogP) is 5.71. The highest BCUT2D eigenvalue weighted by Crippen LogP contribution is 2.32. The van der Waals surface area contributed by atoms with E-state index in [0.29, 0.717) is 17.0 Å². The molecule has 0 radical (unpaired) electrons. The van der Waals surface area contributed by atoms with Gasteiger partial charge in [0.2, 0.25) is 5.88 Å². The number of aromatic nitrogens is 1. The largest absolute Gasteiger partial charge is 0.437 e. The summed E-state index contributed by atoms with van der Waals surface area (Å²) in [6.07, 6.45) is 0. The Hall–Kier alpha value is -1.65. The van der Waals surface area contributed by atoms with Crippen LogP contribution in [0.15, 0.2) is 48.5 Å². The second-order valence-electron chi connectivity index (χ2n) is 4.46. The third-order valence-corrected chi connectivity index (χ3v) is 3.91. The van der Waals surface area contributed by atoms with Crippen LogP contribution in [0.5, 0.6) is 11.6 Å². The topological polar surface area (TPSA) is 22.1 Å². The molecule has 0 amide bonds. The molecule has 0 aliphatic heterocycles. The van der Waals surface area contributed by atoms with Crippen LogP contribution in [0.25, 0.3) is 10.9 Å². The van der Waals surface area contributed by atoms with Gasteiger partial charge in [0.05, 0.1) is 10.5 Å². The van der Waals surface area contributed by atoms with Crippen molar-refractivity contribution in [2.45, 2.75) is 5.33 Å². The molecule has 0 saturated heterocycles. The second kappa shape index (κ2) is 6.00. The molecule has 2 nitrogen and oxygen atoms in total. The van der Waals surface area contributed by atoms with Gasteiger partial charge < -0.3 is 4.74 Å². The van der Waals surface area contributed by atoms with Crippen LogP contribution in [0.4, 0.5) is 4.39 Å². The van der Waals surface area contributed by atoms with Crippen LogP contribution in [0.2, 0.25) is 5.02 Å². The van der Waals surface area contributed by atoms with Gasteiger partial charge in [-0.15, -0.1) is 0 Å². The van der Waals surface area contributed by atoms with Crippen LogP contribution >= 0.6 is 27.5 Å². The molecule has 3 aromatic rings. The number of halogens is 3. The fraction of sp³-hybridized carbons (Fsp3) is 0.0625. The molecule has 5 heteroatoms. The lowest BCUT2D eigenvalue weighted by Gasteiger charge is -2.11. The smallest absolute Gasteiger partial charge is 0.223 e. The third-order valence-electron chi connectivity index (χ3n) is 3.01. The number of hydrogen-bond donors (Lipinski definition) is 0. The van der Waals surface area contributed by atoms with Crippen LogP contribution < -0.4 is 4.74 Å². The van der Waals surface area contributed by atoms with E-state index >= 15 is 0 Å². The number of rotatable bonds is 3. The first-order chi connectivity index (χ1) is 10.2. The Labute approximate surface area is 134 Å². The highest BCUT2D eigenvalue weighted by atomic mass is 79.9. The Balaban J connectivity index is 2.06. The van der Waals surface area contributed by atoms with Crippen LogP contribution in [0, 0.1) is 5.82 Å². The second-order valence-corrected chi connectivity index (χ2v) is 5.42. The van der Waals surface area contributed by atoms with Crippen molar-refractivity contribution in [2.75, 3.05) is 0 Å². The molecule has 0 N–H and O–H groups in total. The maximum atomic E-state index is 13.1. The van der Waals surface area contributed by atoms with E-state index in [1.165, 1.54) is 18.2 Å². The van der Waals surface area contributed by atoms with Crippen molar-refractivity contribution in [3.63, 3.8) is 0 Å². The molecule has 0 bridgehead atoms. The summed E-state index contributed by atoms with van der Waals surface area (Å²) in [5.41, 5.74) is 1.73. The van der Waals surface area contributed by atoms with Gasteiger partial charge in [-0.2, -0.15) is 0 Å². The molecule has 1 heterocycles. The maximum absolute atomic E-state index is 13.1. The number of nitrogens with zero attached hydrogens (tertiary/aromatic N) is 1. The highest BCUT2D eigenvalue weighted by molar-refractivity contribution is 9.08. The monoisotopic (exact) mass is 365 g/mol. The van der Waals surface area contributed by atoms with Crippen molar-refractivity contribution in [3.05, 3.63) is 64.9 Å². The summed E-state index contributed by atoms with van der Waals surface area (Å²) in [5.74, 6) is 0.432. The fourth-order valence-corrected chi connectivity index (χ4v) is 2.60. The first kappa shape index (κ1) is 14.3. The van der Waals surface area contributed by atoms with Crippen molar-refractivity contribution in [3.8, 4) is 11.6 Å². The van der Waals surface area contributed by atoms with Gasteiger partial charge >= 0.3 is 0 Å². The number of pyridine rings is 1. The number of hydrogen-bond acceptors (Lipinski definition) is 2. The summed E-state index contributed by atoms with van der Waals surface area (Å²) < 4.78 is 18.8. The standard InChI is InChI=1S/C16H10BrClFNO/c17-9-11-7-10-3-1-2-4-14(10)20-16(11)21-15-6-5-12(19)8-13(15)18/h1-8H,9H2. The van der Waals surface area contributed by atoms with E-state index in [9.17, 15) is 4.39 Å². The van der Waals surface area contributed by atoms with Gasteiger partial charge in [0, 0.05) is 16.3 Å². The van der Waals surface area contributed by atoms with Crippen molar-refractivity contribution in [1.82, 2.24) is 4.98 Å². The van der Waals surface area contributed by atoms with Gasteiger partial charge in [0.15, 0.2) is 0 Å². The van der Waals surface area contributed by atoms with E-state index in [1.54, 1.807) is 0 Å². The van der Waals surface area contributed by atoms with Crippen molar-refractivity contribution < 1.29 is 9.13 Å². The lowest BCUT2D eigenvalue weighted by atomic mass is 10.2. The lowest BCUT2D eigenvalue weighted by Crippen LogP contribution is -1.95. The molecular weight excluding hydrogens is 357 g/mol. The SMILES string of the molecule is Fc1ccc(Oc2nc3ccccc3cc2CBr)c(Cl)c1. The van der Waals surface area contributed by atoms with E-state index < -0.39 is 5.82 Å². The molecule has 3 rings (SSSR count). The normalized spacial score (nSPS) is 10.8. The molecule has 0 spiro atoms. The van der Waals surface area contributed by atoms with Gasteiger partial charge in [-0.1, -0.05) is 45.7 Å². The summed E-state index contributed by atoms with van der Waals surface area (Å²) in [6.45, 7) is 0. The fourth-order valence-electron chi connectivity index (χ4n) is 1.99. The van der Waals surface area contributed by atoms with Crippen molar-refractivity contribution in [1.29, 1.82) is 0 Å². The summed E-state index contributed by atoms with van der Waals surface area (Å²) >= 11 is 9.41. The van der Waals surface area contributed by atoms with Gasteiger partial charge in [-0.3, -0.25) is 0 Å². The average Bonchev–Trinajstić information content (AvgIpc) is 2.49. The zero-order valence-corrected chi connectivity index (χ0v) is 13.2. The van der Waals surface area contributed by atoms with E-state index in [-0.39, 0.29) is 5.02 Å². The number of alkyl halides is 1. The molecule has 0 aliphatic carbocycles. The van der Waals surface area contributed by atoms with Gasteiger partial charge in [0.1, 0.15) is 11.6 Å². The lowest BCUT2D eigenvalue weighted by molar-refractivity contribution is 0.459. The number of fused-ring (bicyclic) bond motifs is 1. The minimum absolute atomic E-state index is 0.213. The van der Waals surface area contributed by atoms with Crippen LogP contribution in [0.3, 0.4) is 0 Å². The van der Waals surface area contributed by atoms with E-state index in [1.807, 2.05) is 30.3 Å². The van der Waals surface area contributed by atoms with Crippen molar-refractivity contribution in [2.24, 2.45) is 0 Å². The zero-order chi connectivity index (χ0) is 14.8. The number of benzene rings is 2. The van der Waals surface area contributed by atoms with Gasteiger partial charge in [0.25, 0.3) is 0 Å². The average molecular weight is 367 g/mol. The minimum atomic E-state index is -0.403. The first-order valence-electron chi connectivity index (χ1n) is 6.25. The van der Waals surface area contributed by atoms with Gasteiger partial charge in [-0.05, 0) is 30.3 Å².